The minimum absolute atomic E-state index is 0.161. The highest BCUT2D eigenvalue weighted by Gasteiger charge is 2.44. The first-order valence-corrected chi connectivity index (χ1v) is 15.6. The molecule has 0 saturated heterocycles. The summed E-state index contributed by atoms with van der Waals surface area (Å²) in [6.45, 7) is 3.89. The van der Waals surface area contributed by atoms with Crippen LogP contribution in [0.3, 0.4) is 0 Å². The van der Waals surface area contributed by atoms with Crippen LogP contribution in [0.25, 0.3) is 11.1 Å². The summed E-state index contributed by atoms with van der Waals surface area (Å²) in [4.78, 5) is 11.8. The maximum atomic E-state index is 14.1. The molecule has 0 aromatic heterocycles. The van der Waals surface area contributed by atoms with Crippen LogP contribution in [0.4, 0.5) is 13.2 Å². The van der Waals surface area contributed by atoms with Gasteiger partial charge in [-0.05, 0) is 90.9 Å². The number of aryl methyl sites for hydroxylation is 1. The van der Waals surface area contributed by atoms with Gasteiger partial charge in [0.15, 0.2) is 6.61 Å². The van der Waals surface area contributed by atoms with Gasteiger partial charge >= 0.3 is 12.1 Å². The molecule has 42 heavy (non-hydrogen) atoms. The number of fused-ring (bicyclic) bond motifs is 2. The van der Waals surface area contributed by atoms with E-state index in [0.717, 1.165) is 60.9 Å². The Morgan fingerprint density at radius 3 is 2.29 bits per heavy atom. The van der Waals surface area contributed by atoms with E-state index in [9.17, 15) is 26.4 Å². The van der Waals surface area contributed by atoms with Gasteiger partial charge in [0, 0.05) is 18.5 Å². The zero-order chi connectivity index (χ0) is 30.1. The highest BCUT2D eigenvalue weighted by Crippen LogP contribution is 2.47. The first-order valence-electron chi connectivity index (χ1n) is 14.1. The summed E-state index contributed by atoms with van der Waals surface area (Å²) < 4.78 is 79.4. The summed E-state index contributed by atoms with van der Waals surface area (Å²) in [5.41, 5.74) is 2.84. The number of hydrogen-bond acceptors (Lipinski definition) is 5. The molecule has 1 aliphatic heterocycles. The largest absolute Gasteiger partial charge is 0.482 e. The maximum absolute atomic E-state index is 14.1. The molecule has 224 valence electrons. The quantitative estimate of drug-likeness (QED) is 0.272. The SMILES string of the molecule is CCOC(=O)COc1ccc(S(=O)(=O)N2Cc3cc(-c4ccc(C(F)(F)F)cc4)ccc3C3(CCCCC3)C2)c(C)c1. The van der Waals surface area contributed by atoms with Gasteiger partial charge in [-0.15, -0.1) is 0 Å². The third-order valence-electron chi connectivity index (χ3n) is 8.28. The van der Waals surface area contributed by atoms with E-state index in [-0.39, 0.29) is 30.1 Å². The lowest BCUT2D eigenvalue weighted by Gasteiger charge is -2.46. The van der Waals surface area contributed by atoms with Crippen molar-refractivity contribution >= 4 is 16.0 Å². The average Bonchev–Trinajstić information content (AvgIpc) is 2.96. The maximum Gasteiger partial charge on any atom is 0.416 e. The second kappa shape index (κ2) is 11.7. The topological polar surface area (TPSA) is 72.9 Å². The number of hydrogen-bond donors (Lipinski definition) is 0. The molecule has 0 atom stereocenters. The van der Waals surface area contributed by atoms with Gasteiger partial charge in [-0.1, -0.05) is 43.5 Å². The molecule has 1 aliphatic carbocycles. The van der Waals surface area contributed by atoms with Crippen LogP contribution in [0.15, 0.2) is 65.6 Å². The molecule has 1 heterocycles. The Kier molecular flexibility index (Phi) is 8.40. The van der Waals surface area contributed by atoms with E-state index in [1.54, 1.807) is 24.2 Å². The minimum Gasteiger partial charge on any atom is -0.482 e. The molecule has 3 aromatic rings. The number of esters is 1. The standard InChI is InChI=1S/C32H34F3NO5S/c1-3-40-30(37)20-41-27-12-14-29(22(2)17-27)42(38,39)36-19-25-18-24(23-7-10-26(11-8-23)32(33,34)35)9-13-28(25)31(21-36)15-5-4-6-16-31/h7-14,17-18H,3-6,15-16,19-21H2,1-2H3. The van der Waals surface area contributed by atoms with E-state index < -0.39 is 27.7 Å². The van der Waals surface area contributed by atoms with Gasteiger partial charge in [-0.25, -0.2) is 13.2 Å². The van der Waals surface area contributed by atoms with Crippen molar-refractivity contribution in [2.45, 2.75) is 69.0 Å². The molecular formula is C32H34F3NO5S. The molecule has 1 fully saturated rings. The summed E-state index contributed by atoms with van der Waals surface area (Å²) in [5, 5.41) is 0. The molecular weight excluding hydrogens is 567 g/mol. The number of carbonyl (C=O) groups is 1. The molecule has 0 amide bonds. The summed E-state index contributed by atoms with van der Waals surface area (Å²) in [5.74, 6) is -0.138. The molecule has 0 N–H and O–H groups in total. The predicted molar refractivity (Wildman–Crippen MR) is 153 cm³/mol. The zero-order valence-corrected chi connectivity index (χ0v) is 24.5. The average molecular weight is 602 g/mol. The second-order valence-corrected chi connectivity index (χ2v) is 13.0. The number of nitrogens with zero attached hydrogens (tertiary/aromatic N) is 1. The lowest BCUT2D eigenvalue weighted by atomic mass is 9.66. The third kappa shape index (κ3) is 6.06. The fourth-order valence-corrected chi connectivity index (χ4v) is 7.96. The molecule has 10 heteroatoms. The molecule has 6 nitrogen and oxygen atoms in total. The van der Waals surface area contributed by atoms with E-state index in [1.807, 2.05) is 18.2 Å². The molecule has 0 bridgehead atoms. The van der Waals surface area contributed by atoms with Crippen molar-refractivity contribution in [3.8, 4) is 16.9 Å². The molecule has 2 aliphatic rings. The van der Waals surface area contributed by atoms with Crippen LogP contribution >= 0.6 is 0 Å². The molecule has 5 rings (SSSR count). The number of rotatable bonds is 7. The summed E-state index contributed by atoms with van der Waals surface area (Å²) >= 11 is 0. The number of alkyl halides is 3. The zero-order valence-electron chi connectivity index (χ0n) is 23.7. The van der Waals surface area contributed by atoms with Crippen molar-refractivity contribution in [1.82, 2.24) is 4.31 Å². The first kappa shape index (κ1) is 30.1. The fraction of sp³-hybridized carbons (Fsp3) is 0.406. The van der Waals surface area contributed by atoms with Crippen molar-refractivity contribution in [1.29, 1.82) is 0 Å². The molecule has 3 aromatic carbocycles. The Hall–Kier alpha value is -3.37. The van der Waals surface area contributed by atoms with Crippen molar-refractivity contribution < 1.29 is 35.9 Å². The van der Waals surface area contributed by atoms with Crippen molar-refractivity contribution in [2.75, 3.05) is 19.8 Å². The van der Waals surface area contributed by atoms with E-state index in [4.69, 9.17) is 9.47 Å². The van der Waals surface area contributed by atoms with Crippen LogP contribution in [0, 0.1) is 6.92 Å². The number of ether oxygens (including phenoxy) is 2. The monoisotopic (exact) mass is 601 g/mol. The first-order chi connectivity index (χ1) is 19.9. The Morgan fingerprint density at radius 2 is 1.64 bits per heavy atom. The fourth-order valence-electron chi connectivity index (χ4n) is 6.25. The Morgan fingerprint density at radius 1 is 0.952 bits per heavy atom. The molecule has 1 saturated carbocycles. The predicted octanol–water partition coefficient (Wildman–Crippen LogP) is 7.03. The van der Waals surface area contributed by atoms with Gasteiger partial charge in [0.05, 0.1) is 17.1 Å². The molecule has 1 spiro atoms. The normalized spacial score (nSPS) is 17.1. The smallest absolute Gasteiger partial charge is 0.416 e. The van der Waals surface area contributed by atoms with E-state index in [1.165, 1.54) is 24.3 Å². The van der Waals surface area contributed by atoms with Gasteiger partial charge in [0.25, 0.3) is 0 Å². The highest BCUT2D eigenvalue weighted by atomic mass is 32.2. The highest BCUT2D eigenvalue weighted by molar-refractivity contribution is 7.89. The third-order valence-corrected chi connectivity index (χ3v) is 10.2. The molecule has 0 unspecified atom stereocenters. The van der Waals surface area contributed by atoms with Gasteiger partial charge in [-0.2, -0.15) is 17.5 Å². The van der Waals surface area contributed by atoms with E-state index in [0.29, 0.717) is 23.4 Å². The van der Waals surface area contributed by atoms with E-state index >= 15 is 0 Å². The van der Waals surface area contributed by atoms with Gasteiger partial charge in [-0.3, -0.25) is 0 Å². The number of sulfonamides is 1. The van der Waals surface area contributed by atoms with Crippen LogP contribution in [-0.2, 0) is 37.7 Å². The van der Waals surface area contributed by atoms with Crippen LogP contribution in [-0.4, -0.2) is 38.5 Å². The van der Waals surface area contributed by atoms with Crippen LogP contribution < -0.4 is 4.74 Å². The number of halogens is 3. The van der Waals surface area contributed by atoms with E-state index in [2.05, 4.69) is 0 Å². The Labute approximate surface area is 244 Å². The van der Waals surface area contributed by atoms with Gasteiger partial charge in [0.1, 0.15) is 5.75 Å². The van der Waals surface area contributed by atoms with Crippen LogP contribution in [0.5, 0.6) is 5.75 Å². The van der Waals surface area contributed by atoms with Crippen LogP contribution in [0.1, 0.15) is 61.3 Å². The lowest BCUT2D eigenvalue weighted by Crippen LogP contribution is -2.49. The van der Waals surface area contributed by atoms with Gasteiger partial charge < -0.3 is 9.47 Å². The lowest BCUT2D eigenvalue weighted by molar-refractivity contribution is -0.145. The Bertz CT molecular complexity index is 1560. The minimum atomic E-state index is -4.42. The molecule has 0 radical (unpaired) electrons. The van der Waals surface area contributed by atoms with Crippen molar-refractivity contribution in [2.24, 2.45) is 0 Å². The number of benzene rings is 3. The summed E-state index contributed by atoms with van der Waals surface area (Å²) in [6.07, 6.45) is 0.412. The van der Waals surface area contributed by atoms with Crippen molar-refractivity contribution in [3.05, 3.63) is 82.9 Å². The van der Waals surface area contributed by atoms with Gasteiger partial charge in [0.2, 0.25) is 10.0 Å². The summed E-state index contributed by atoms with van der Waals surface area (Å²) in [7, 11) is -3.91. The summed E-state index contributed by atoms with van der Waals surface area (Å²) in [6, 6.07) is 15.6. The van der Waals surface area contributed by atoms with Crippen LogP contribution in [0.2, 0.25) is 0 Å². The second-order valence-electron chi connectivity index (χ2n) is 11.1. The van der Waals surface area contributed by atoms with Crippen molar-refractivity contribution in [3.63, 3.8) is 0 Å². The Balaban J connectivity index is 1.47. The number of carbonyl (C=O) groups excluding carboxylic acids is 1.